The molecule has 0 aliphatic heterocycles. The maximum Gasteiger partial charge on any atom is 0.143 e. The van der Waals surface area contributed by atoms with E-state index in [-0.39, 0.29) is 4.99 Å². The summed E-state index contributed by atoms with van der Waals surface area (Å²) in [5, 5.41) is 7.96. The standard InChI is InChI=1S/C3H5N3S/c4-1-2(5)3(6)7/h2H,5H2,(H2,6,7). The van der Waals surface area contributed by atoms with Gasteiger partial charge in [0, 0.05) is 0 Å². The third kappa shape index (κ3) is 2.09. The normalized spacial score (nSPS) is 12.0. The van der Waals surface area contributed by atoms with Crippen molar-refractivity contribution in [1.82, 2.24) is 0 Å². The second-order valence-corrected chi connectivity index (χ2v) is 1.48. The molecule has 4 N–H and O–H groups in total. The first-order chi connectivity index (χ1) is 3.18. The lowest BCUT2D eigenvalue weighted by molar-refractivity contribution is 1.10. The lowest BCUT2D eigenvalue weighted by atomic mass is 10.4. The van der Waals surface area contributed by atoms with Crippen LogP contribution < -0.4 is 11.5 Å². The highest BCUT2D eigenvalue weighted by Gasteiger charge is 1.98. The Balaban J connectivity index is 3.63. The Morgan fingerprint density at radius 3 is 2.29 bits per heavy atom. The number of nitrogens with two attached hydrogens (primary N) is 2. The molecule has 7 heavy (non-hydrogen) atoms. The van der Waals surface area contributed by atoms with E-state index in [2.05, 4.69) is 12.2 Å². The number of hydrogen-bond donors (Lipinski definition) is 2. The largest absolute Gasteiger partial charge is 0.391 e. The fourth-order valence-electron chi connectivity index (χ4n) is 0.0636. The maximum absolute atomic E-state index is 7.96. The fourth-order valence-corrected chi connectivity index (χ4v) is 0.116. The van der Waals surface area contributed by atoms with Crippen molar-refractivity contribution in [2.45, 2.75) is 6.04 Å². The minimum absolute atomic E-state index is 0.0440. The summed E-state index contributed by atoms with van der Waals surface area (Å²) in [4.78, 5) is 0.0440. The quantitative estimate of drug-likeness (QED) is 0.435. The van der Waals surface area contributed by atoms with Gasteiger partial charge in [0.2, 0.25) is 0 Å². The Hall–Kier alpha value is -0.660. The van der Waals surface area contributed by atoms with Gasteiger partial charge in [-0.05, 0) is 0 Å². The topological polar surface area (TPSA) is 75.8 Å². The molecule has 0 heterocycles. The van der Waals surface area contributed by atoms with Crippen molar-refractivity contribution in [2.75, 3.05) is 0 Å². The van der Waals surface area contributed by atoms with Gasteiger partial charge in [-0.15, -0.1) is 0 Å². The van der Waals surface area contributed by atoms with Crippen LogP contribution in [-0.4, -0.2) is 11.0 Å². The predicted molar refractivity (Wildman–Crippen MR) is 30.4 cm³/mol. The van der Waals surface area contributed by atoms with Crippen molar-refractivity contribution >= 4 is 17.2 Å². The van der Waals surface area contributed by atoms with Crippen molar-refractivity contribution in [2.24, 2.45) is 11.5 Å². The summed E-state index contributed by atoms with van der Waals surface area (Å²) in [5.41, 5.74) is 9.92. The summed E-state index contributed by atoms with van der Waals surface area (Å²) in [7, 11) is 0. The zero-order valence-electron chi connectivity index (χ0n) is 3.59. The molecule has 0 aliphatic rings. The summed E-state index contributed by atoms with van der Waals surface area (Å²) in [6.07, 6.45) is 0. The average Bonchev–Trinajstić information content (AvgIpc) is 1.65. The van der Waals surface area contributed by atoms with Crippen LogP contribution in [0.1, 0.15) is 0 Å². The van der Waals surface area contributed by atoms with E-state index in [1.807, 2.05) is 0 Å². The zero-order valence-corrected chi connectivity index (χ0v) is 4.40. The summed E-state index contributed by atoms with van der Waals surface area (Å²) in [6.45, 7) is 0. The summed E-state index contributed by atoms with van der Waals surface area (Å²) >= 11 is 4.35. The molecular weight excluding hydrogens is 110 g/mol. The van der Waals surface area contributed by atoms with Crippen LogP contribution in [0.3, 0.4) is 0 Å². The van der Waals surface area contributed by atoms with Gasteiger partial charge in [0.05, 0.1) is 6.07 Å². The summed E-state index contributed by atoms with van der Waals surface area (Å²) in [5.74, 6) is 0. The average molecular weight is 115 g/mol. The van der Waals surface area contributed by atoms with E-state index < -0.39 is 6.04 Å². The Kier molecular flexibility index (Phi) is 2.27. The fraction of sp³-hybridized carbons (Fsp3) is 0.333. The van der Waals surface area contributed by atoms with Crippen LogP contribution in [0.5, 0.6) is 0 Å². The minimum Gasteiger partial charge on any atom is -0.391 e. The van der Waals surface area contributed by atoms with Gasteiger partial charge in [0.25, 0.3) is 0 Å². The molecule has 1 atom stereocenters. The van der Waals surface area contributed by atoms with Crippen LogP contribution in [0.4, 0.5) is 0 Å². The number of thiocarbonyl (C=S) groups is 1. The van der Waals surface area contributed by atoms with Crippen molar-refractivity contribution < 1.29 is 0 Å². The van der Waals surface area contributed by atoms with E-state index in [1.54, 1.807) is 6.07 Å². The lowest BCUT2D eigenvalue weighted by Gasteiger charge is -1.92. The smallest absolute Gasteiger partial charge is 0.143 e. The van der Waals surface area contributed by atoms with Gasteiger partial charge in [-0.2, -0.15) is 5.26 Å². The van der Waals surface area contributed by atoms with Gasteiger partial charge in [-0.25, -0.2) is 0 Å². The third-order valence-electron chi connectivity index (χ3n) is 0.446. The van der Waals surface area contributed by atoms with Crippen molar-refractivity contribution in [3.63, 3.8) is 0 Å². The first-order valence-corrected chi connectivity index (χ1v) is 2.04. The minimum atomic E-state index is -0.782. The molecule has 4 heteroatoms. The van der Waals surface area contributed by atoms with Gasteiger partial charge in [0.15, 0.2) is 0 Å². The van der Waals surface area contributed by atoms with Crippen LogP contribution in [0, 0.1) is 11.3 Å². The van der Waals surface area contributed by atoms with Gasteiger partial charge in [-0.1, -0.05) is 12.2 Å². The molecule has 0 saturated heterocycles. The molecule has 0 rings (SSSR count). The number of nitriles is 1. The van der Waals surface area contributed by atoms with E-state index in [0.717, 1.165) is 0 Å². The molecule has 0 saturated carbocycles. The van der Waals surface area contributed by atoms with Crippen LogP contribution in [0.2, 0.25) is 0 Å². The van der Waals surface area contributed by atoms with E-state index in [9.17, 15) is 0 Å². The predicted octanol–water partition coefficient (Wildman–Crippen LogP) is -0.877. The van der Waals surface area contributed by atoms with E-state index in [1.165, 1.54) is 0 Å². The molecular formula is C3H5N3S. The highest BCUT2D eigenvalue weighted by molar-refractivity contribution is 7.80. The molecule has 0 aromatic rings. The first-order valence-electron chi connectivity index (χ1n) is 1.63. The zero-order chi connectivity index (χ0) is 5.86. The van der Waals surface area contributed by atoms with Gasteiger partial charge < -0.3 is 11.5 Å². The molecule has 0 aromatic heterocycles. The molecule has 0 fully saturated rings. The molecule has 0 aliphatic carbocycles. The molecule has 0 bridgehead atoms. The Labute approximate surface area is 46.9 Å². The highest BCUT2D eigenvalue weighted by Crippen LogP contribution is 1.71. The van der Waals surface area contributed by atoms with Crippen LogP contribution >= 0.6 is 12.2 Å². The van der Waals surface area contributed by atoms with Crippen molar-refractivity contribution in [3.05, 3.63) is 0 Å². The third-order valence-corrected chi connectivity index (χ3v) is 0.700. The second-order valence-electron chi connectivity index (χ2n) is 1.01. The molecule has 0 aromatic carbocycles. The van der Waals surface area contributed by atoms with Gasteiger partial charge in [0.1, 0.15) is 11.0 Å². The number of nitrogens with zero attached hydrogens (tertiary/aromatic N) is 1. The Morgan fingerprint density at radius 2 is 2.29 bits per heavy atom. The van der Waals surface area contributed by atoms with Crippen LogP contribution in [0.15, 0.2) is 0 Å². The van der Waals surface area contributed by atoms with Gasteiger partial charge >= 0.3 is 0 Å². The van der Waals surface area contributed by atoms with Gasteiger partial charge in [-0.3, -0.25) is 0 Å². The van der Waals surface area contributed by atoms with E-state index in [0.29, 0.717) is 0 Å². The monoisotopic (exact) mass is 115 g/mol. The highest BCUT2D eigenvalue weighted by atomic mass is 32.1. The molecule has 1 unspecified atom stereocenters. The number of rotatable bonds is 1. The molecule has 3 nitrogen and oxygen atoms in total. The summed E-state index contributed by atoms with van der Waals surface area (Å²) in [6, 6.07) is 0.894. The lowest BCUT2D eigenvalue weighted by Crippen LogP contribution is -2.32. The SMILES string of the molecule is N#CC(N)C(N)=S. The maximum atomic E-state index is 7.96. The van der Waals surface area contributed by atoms with Crippen LogP contribution in [-0.2, 0) is 0 Å². The first kappa shape index (κ1) is 6.34. The molecule has 0 spiro atoms. The van der Waals surface area contributed by atoms with Crippen LogP contribution in [0.25, 0.3) is 0 Å². The second kappa shape index (κ2) is 2.50. The molecule has 0 radical (unpaired) electrons. The molecule has 0 amide bonds. The van der Waals surface area contributed by atoms with E-state index in [4.69, 9.17) is 16.7 Å². The molecule has 38 valence electrons. The number of hydrogen-bond acceptors (Lipinski definition) is 3. The van der Waals surface area contributed by atoms with E-state index >= 15 is 0 Å². The van der Waals surface area contributed by atoms with Crippen molar-refractivity contribution in [1.29, 1.82) is 5.26 Å². The Morgan fingerprint density at radius 1 is 1.86 bits per heavy atom. The van der Waals surface area contributed by atoms with Crippen molar-refractivity contribution in [3.8, 4) is 6.07 Å². The Bertz CT molecular complexity index is 114. The summed E-state index contributed by atoms with van der Waals surface area (Å²) < 4.78 is 0.